The second-order valence-corrected chi connectivity index (χ2v) is 4.40. The molecule has 7 nitrogen and oxygen atoms in total. The average molecular weight is 345 g/mol. The highest BCUT2D eigenvalue weighted by Crippen LogP contribution is 2.15. The van der Waals surface area contributed by atoms with Crippen LogP contribution in [-0.2, 0) is 14.3 Å². The molecule has 0 fully saturated rings. The van der Waals surface area contributed by atoms with Gasteiger partial charge >= 0.3 is 12.0 Å². The first-order chi connectivity index (χ1) is 9.42. The van der Waals surface area contributed by atoms with E-state index in [0.717, 1.165) is 6.08 Å². The monoisotopic (exact) mass is 344 g/mol. The molecule has 0 spiro atoms. The molecule has 0 aliphatic carbocycles. The second-order valence-electron chi connectivity index (χ2n) is 3.62. The van der Waals surface area contributed by atoms with Crippen LogP contribution in [0.25, 0.3) is 6.08 Å². The molecule has 3 amide bonds. The van der Waals surface area contributed by atoms with E-state index in [9.17, 15) is 14.4 Å². The van der Waals surface area contributed by atoms with Crippen molar-refractivity contribution in [2.75, 3.05) is 7.05 Å². The lowest BCUT2D eigenvalue weighted by Crippen LogP contribution is -2.43. The zero-order valence-corrected chi connectivity index (χ0v) is 12.4. The van der Waals surface area contributed by atoms with Gasteiger partial charge in [-0.1, -0.05) is 0 Å². The summed E-state index contributed by atoms with van der Waals surface area (Å²) in [6.07, 6.45) is 1.43. The van der Waals surface area contributed by atoms with Gasteiger partial charge in [-0.2, -0.15) is 0 Å². The van der Waals surface area contributed by atoms with Crippen LogP contribution in [0.4, 0.5) is 4.79 Å². The van der Waals surface area contributed by atoms with Crippen molar-refractivity contribution in [2.24, 2.45) is 0 Å². The Morgan fingerprint density at radius 2 is 2.10 bits per heavy atom. The number of halogens is 1. The Morgan fingerprint density at radius 1 is 1.40 bits per heavy atom. The molecule has 0 aromatic carbocycles. The second kappa shape index (κ2) is 7.49. The lowest BCUT2D eigenvalue weighted by molar-refractivity contribution is -0.149. The van der Waals surface area contributed by atoms with Crippen LogP contribution < -0.4 is 10.6 Å². The maximum Gasteiger partial charge on any atom is 0.331 e. The van der Waals surface area contributed by atoms with Crippen LogP contribution >= 0.6 is 15.9 Å². The third kappa shape index (κ3) is 5.27. The van der Waals surface area contributed by atoms with Gasteiger partial charge in [-0.3, -0.25) is 10.1 Å². The molecule has 0 aliphatic heterocycles. The van der Waals surface area contributed by atoms with Crippen molar-refractivity contribution < 1.29 is 23.5 Å². The van der Waals surface area contributed by atoms with Crippen molar-refractivity contribution in [1.29, 1.82) is 0 Å². The molecule has 0 radical (unpaired) electrons. The number of carbonyl (C=O) groups is 3. The van der Waals surface area contributed by atoms with Gasteiger partial charge in [0.05, 0.1) is 0 Å². The maximum absolute atomic E-state index is 11.5. The highest BCUT2D eigenvalue weighted by atomic mass is 79.9. The van der Waals surface area contributed by atoms with Gasteiger partial charge < -0.3 is 14.5 Å². The number of rotatable bonds is 4. The van der Waals surface area contributed by atoms with E-state index in [2.05, 4.69) is 21.2 Å². The molecule has 0 saturated heterocycles. The number of esters is 1. The van der Waals surface area contributed by atoms with E-state index >= 15 is 0 Å². The Balaban J connectivity index is 2.47. The molecular weight excluding hydrogens is 332 g/mol. The number of hydrogen-bond acceptors (Lipinski definition) is 5. The largest absolute Gasteiger partial charge is 0.450 e. The summed E-state index contributed by atoms with van der Waals surface area (Å²) in [5.41, 5.74) is 0. The topological polar surface area (TPSA) is 97.6 Å². The fourth-order valence-electron chi connectivity index (χ4n) is 1.11. The number of carbonyl (C=O) groups excluding carboxylic acids is 3. The van der Waals surface area contributed by atoms with E-state index in [1.54, 1.807) is 12.1 Å². The minimum atomic E-state index is -1.09. The molecule has 2 N–H and O–H groups in total. The average Bonchev–Trinajstić information content (AvgIpc) is 2.81. The number of ether oxygens (including phenoxy) is 1. The molecule has 0 saturated carbocycles. The molecular formula is C12H13BrN2O5. The fraction of sp³-hybridized carbons (Fsp3) is 0.250. The van der Waals surface area contributed by atoms with Crippen LogP contribution in [0, 0.1) is 0 Å². The predicted octanol–water partition coefficient (Wildman–Crippen LogP) is 1.44. The summed E-state index contributed by atoms with van der Waals surface area (Å²) in [6.45, 7) is 1.35. The summed E-state index contributed by atoms with van der Waals surface area (Å²) in [5, 5.41) is 4.21. The Hall–Kier alpha value is -2.09. The quantitative estimate of drug-likeness (QED) is 0.636. The van der Waals surface area contributed by atoms with Crippen LogP contribution in [0.1, 0.15) is 12.7 Å². The van der Waals surface area contributed by atoms with E-state index in [0.29, 0.717) is 10.4 Å². The normalized spacial score (nSPS) is 11.9. The third-order valence-electron chi connectivity index (χ3n) is 2.10. The molecule has 1 heterocycles. The first-order valence-electron chi connectivity index (χ1n) is 5.59. The summed E-state index contributed by atoms with van der Waals surface area (Å²) < 4.78 is 10.5. The number of furan rings is 1. The van der Waals surface area contributed by atoms with Gasteiger partial charge in [0.2, 0.25) is 0 Å². The molecule has 1 rings (SSSR count). The standard InChI is InChI=1S/C12H13BrN2O5/c1-7(11(17)15-12(18)14-2)19-10(16)6-4-8-3-5-9(13)20-8/h3-7H,1-2H3,(H2,14,15,17,18)/b6-4+/t7-/m1/s1. The summed E-state index contributed by atoms with van der Waals surface area (Å²) in [7, 11) is 1.36. The fourth-order valence-corrected chi connectivity index (χ4v) is 1.43. The van der Waals surface area contributed by atoms with E-state index in [-0.39, 0.29) is 0 Å². The minimum Gasteiger partial charge on any atom is -0.450 e. The molecule has 0 bridgehead atoms. The Bertz CT molecular complexity index is 538. The van der Waals surface area contributed by atoms with Gasteiger partial charge in [0, 0.05) is 13.1 Å². The molecule has 20 heavy (non-hydrogen) atoms. The van der Waals surface area contributed by atoms with Crippen molar-refractivity contribution in [2.45, 2.75) is 13.0 Å². The number of imide groups is 1. The van der Waals surface area contributed by atoms with Crippen molar-refractivity contribution in [3.63, 3.8) is 0 Å². The first-order valence-corrected chi connectivity index (χ1v) is 6.38. The van der Waals surface area contributed by atoms with E-state index in [1.807, 2.05) is 5.32 Å². The molecule has 0 unspecified atom stereocenters. The minimum absolute atomic E-state index is 0.455. The lowest BCUT2D eigenvalue weighted by Gasteiger charge is -2.10. The van der Waals surface area contributed by atoms with E-state index in [4.69, 9.17) is 9.15 Å². The third-order valence-corrected chi connectivity index (χ3v) is 2.53. The van der Waals surface area contributed by atoms with Gasteiger partial charge in [-0.15, -0.1) is 0 Å². The van der Waals surface area contributed by atoms with E-state index < -0.39 is 24.0 Å². The lowest BCUT2D eigenvalue weighted by atomic mass is 10.3. The van der Waals surface area contributed by atoms with Crippen LogP contribution in [0.3, 0.4) is 0 Å². The highest BCUT2D eigenvalue weighted by molar-refractivity contribution is 9.10. The summed E-state index contributed by atoms with van der Waals surface area (Å²) >= 11 is 3.12. The highest BCUT2D eigenvalue weighted by Gasteiger charge is 2.18. The number of hydrogen-bond donors (Lipinski definition) is 2. The smallest absolute Gasteiger partial charge is 0.331 e. The SMILES string of the molecule is CNC(=O)NC(=O)[C@@H](C)OC(=O)/C=C/c1ccc(Br)o1. The van der Waals surface area contributed by atoms with Crippen molar-refractivity contribution in [1.82, 2.24) is 10.6 Å². The van der Waals surface area contributed by atoms with Gasteiger partial charge in [-0.25, -0.2) is 9.59 Å². The Morgan fingerprint density at radius 3 is 2.65 bits per heavy atom. The zero-order chi connectivity index (χ0) is 15.1. The number of amides is 3. The van der Waals surface area contributed by atoms with Crippen molar-refractivity contribution in [3.05, 3.63) is 28.6 Å². The zero-order valence-electron chi connectivity index (χ0n) is 10.8. The molecule has 1 aromatic heterocycles. The van der Waals surface area contributed by atoms with Gasteiger partial charge in [0.1, 0.15) is 5.76 Å². The van der Waals surface area contributed by atoms with E-state index in [1.165, 1.54) is 20.0 Å². The molecule has 8 heteroatoms. The van der Waals surface area contributed by atoms with Crippen molar-refractivity contribution >= 4 is 39.9 Å². The summed E-state index contributed by atoms with van der Waals surface area (Å²) in [4.78, 5) is 33.8. The molecule has 1 atom stereocenters. The molecule has 1 aromatic rings. The van der Waals surface area contributed by atoms with Crippen LogP contribution in [0.5, 0.6) is 0 Å². The van der Waals surface area contributed by atoms with Crippen molar-refractivity contribution in [3.8, 4) is 0 Å². The Kier molecular flexibility index (Phi) is 5.98. The number of urea groups is 1. The maximum atomic E-state index is 11.5. The predicted molar refractivity (Wildman–Crippen MR) is 73.6 cm³/mol. The van der Waals surface area contributed by atoms with Crippen LogP contribution in [0.15, 0.2) is 27.3 Å². The van der Waals surface area contributed by atoms with Crippen LogP contribution in [0.2, 0.25) is 0 Å². The molecule has 108 valence electrons. The summed E-state index contributed by atoms with van der Waals surface area (Å²) in [6, 6.07) is 2.65. The van der Waals surface area contributed by atoms with Gasteiger partial charge in [-0.05, 0) is 41.1 Å². The van der Waals surface area contributed by atoms with Crippen LogP contribution in [-0.4, -0.2) is 31.1 Å². The molecule has 0 aliphatic rings. The summed E-state index contributed by atoms with van der Waals surface area (Å²) in [5.74, 6) is -0.986. The first kappa shape index (κ1) is 16.0. The van der Waals surface area contributed by atoms with Gasteiger partial charge in [0.15, 0.2) is 10.8 Å². The number of nitrogens with one attached hydrogen (secondary N) is 2. The van der Waals surface area contributed by atoms with Gasteiger partial charge in [0.25, 0.3) is 5.91 Å². The Labute approximate surface area is 123 Å².